The maximum Gasteiger partial charge on any atom is 0.472 e. The van der Waals surface area contributed by atoms with E-state index in [9.17, 15) is 43.2 Å². The minimum atomic E-state index is -4.96. The fraction of sp³-hybridized carbons (Fsp3) is 0.948. The molecule has 570 valence electrons. The maximum atomic E-state index is 13.1. The zero-order chi connectivity index (χ0) is 70.9. The lowest BCUT2D eigenvalue weighted by atomic mass is 10.0. The van der Waals surface area contributed by atoms with E-state index in [0.717, 1.165) is 108 Å². The molecular formula is C77H150O17P2. The van der Waals surface area contributed by atoms with Crippen molar-refractivity contribution in [2.24, 2.45) is 17.8 Å². The molecule has 0 aromatic carbocycles. The van der Waals surface area contributed by atoms with Gasteiger partial charge in [0.2, 0.25) is 0 Å². The Hall–Kier alpha value is -1.94. The van der Waals surface area contributed by atoms with Gasteiger partial charge in [-0.2, -0.15) is 0 Å². The molecular weight excluding hydrogens is 1260 g/mol. The van der Waals surface area contributed by atoms with Crippen LogP contribution in [-0.2, 0) is 65.4 Å². The molecule has 0 aromatic heterocycles. The van der Waals surface area contributed by atoms with Crippen molar-refractivity contribution in [3.05, 3.63) is 0 Å². The fourth-order valence-electron chi connectivity index (χ4n) is 11.8. The van der Waals surface area contributed by atoms with Crippen molar-refractivity contribution in [2.45, 2.75) is 414 Å². The van der Waals surface area contributed by atoms with E-state index in [1.165, 1.54) is 205 Å². The van der Waals surface area contributed by atoms with Crippen molar-refractivity contribution < 1.29 is 80.2 Å². The van der Waals surface area contributed by atoms with Crippen LogP contribution >= 0.6 is 15.6 Å². The summed E-state index contributed by atoms with van der Waals surface area (Å²) >= 11 is 0. The minimum absolute atomic E-state index is 0.105. The van der Waals surface area contributed by atoms with Crippen LogP contribution in [0, 0.1) is 17.8 Å². The first-order chi connectivity index (χ1) is 46.2. The molecule has 0 bridgehead atoms. The SMILES string of the molecule is CCCCCCCCCCCCCCCCCCCCC(=O)O[C@H](COC(=O)CCCCCCCCCCCCCC(C)C)COP(=O)(O)OC[C@@H](O)COP(=O)(O)OC[C@@H](COC(=O)CCCCCCCCCCCC(C)C)OC(=O)CCCCCCCCCCCC(C)C. The summed E-state index contributed by atoms with van der Waals surface area (Å²) in [4.78, 5) is 72.9. The van der Waals surface area contributed by atoms with Crippen molar-refractivity contribution in [1.82, 2.24) is 0 Å². The van der Waals surface area contributed by atoms with Gasteiger partial charge in [0.25, 0.3) is 0 Å². The van der Waals surface area contributed by atoms with Gasteiger partial charge in [0.15, 0.2) is 12.2 Å². The van der Waals surface area contributed by atoms with Gasteiger partial charge in [0, 0.05) is 25.7 Å². The Morgan fingerprint density at radius 2 is 0.479 bits per heavy atom. The summed E-state index contributed by atoms with van der Waals surface area (Å²) < 4.78 is 68.6. The zero-order valence-corrected chi connectivity index (χ0v) is 64.6. The molecule has 0 rings (SSSR count). The van der Waals surface area contributed by atoms with Gasteiger partial charge in [0.1, 0.15) is 19.3 Å². The van der Waals surface area contributed by atoms with Crippen LogP contribution in [0.25, 0.3) is 0 Å². The average molecular weight is 1410 g/mol. The predicted octanol–water partition coefficient (Wildman–Crippen LogP) is 22.6. The first-order valence-electron chi connectivity index (χ1n) is 39.8. The van der Waals surface area contributed by atoms with Crippen molar-refractivity contribution >= 4 is 39.5 Å². The van der Waals surface area contributed by atoms with E-state index in [2.05, 4.69) is 48.5 Å². The highest BCUT2D eigenvalue weighted by atomic mass is 31.2. The van der Waals surface area contributed by atoms with Gasteiger partial charge in [-0.25, -0.2) is 9.13 Å². The molecule has 0 heterocycles. The van der Waals surface area contributed by atoms with Crippen molar-refractivity contribution in [3.8, 4) is 0 Å². The maximum absolute atomic E-state index is 13.1. The van der Waals surface area contributed by atoms with Crippen LogP contribution in [0.15, 0.2) is 0 Å². The number of rotatable bonds is 75. The van der Waals surface area contributed by atoms with E-state index in [4.69, 9.17) is 37.0 Å². The third-order valence-electron chi connectivity index (χ3n) is 17.9. The van der Waals surface area contributed by atoms with Crippen LogP contribution in [0.3, 0.4) is 0 Å². The van der Waals surface area contributed by atoms with Gasteiger partial charge in [0.05, 0.1) is 26.4 Å². The third kappa shape index (κ3) is 70.5. The van der Waals surface area contributed by atoms with Crippen molar-refractivity contribution in [3.63, 3.8) is 0 Å². The zero-order valence-electron chi connectivity index (χ0n) is 62.8. The summed E-state index contributed by atoms with van der Waals surface area (Å²) in [5.74, 6) is 0.135. The summed E-state index contributed by atoms with van der Waals surface area (Å²) in [6.07, 6.45) is 54.1. The van der Waals surface area contributed by atoms with E-state index >= 15 is 0 Å². The molecule has 96 heavy (non-hydrogen) atoms. The van der Waals surface area contributed by atoms with E-state index in [1.807, 2.05) is 0 Å². The lowest BCUT2D eigenvalue weighted by Gasteiger charge is -2.21. The molecule has 3 N–H and O–H groups in total. The third-order valence-corrected chi connectivity index (χ3v) is 19.8. The number of aliphatic hydroxyl groups is 1. The quantitative estimate of drug-likeness (QED) is 0.0222. The summed E-state index contributed by atoms with van der Waals surface area (Å²) in [6.45, 7) is 11.9. The lowest BCUT2D eigenvalue weighted by Crippen LogP contribution is -2.30. The largest absolute Gasteiger partial charge is 0.472 e. The smallest absolute Gasteiger partial charge is 0.462 e. The molecule has 0 aliphatic rings. The Balaban J connectivity index is 5.25. The summed E-state index contributed by atoms with van der Waals surface area (Å²) in [7, 11) is -9.91. The van der Waals surface area contributed by atoms with Crippen molar-refractivity contribution in [2.75, 3.05) is 39.6 Å². The molecule has 2 unspecified atom stereocenters. The molecule has 0 aliphatic carbocycles. The summed E-state index contributed by atoms with van der Waals surface area (Å²) in [5, 5.41) is 10.6. The van der Waals surface area contributed by atoms with E-state index in [0.29, 0.717) is 25.7 Å². The van der Waals surface area contributed by atoms with Gasteiger partial charge in [-0.1, -0.05) is 344 Å². The summed E-state index contributed by atoms with van der Waals surface area (Å²) in [6, 6.07) is 0. The van der Waals surface area contributed by atoms with Crippen molar-refractivity contribution in [1.29, 1.82) is 0 Å². The molecule has 5 atom stereocenters. The molecule has 0 fully saturated rings. The Morgan fingerprint density at radius 3 is 0.708 bits per heavy atom. The first-order valence-corrected chi connectivity index (χ1v) is 42.8. The van der Waals surface area contributed by atoms with Crippen LogP contribution in [0.4, 0.5) is 0 Å². The van der Waals surface area contributed by atoms with Gasteiger partial charge < -0.3 is 33.8 Å². The number of esters is 4. The Morgan fingerprint density at radius 1 is 0.281 bits per heavy atom. The standard InChI is InChI=1S/C77H150O17P2/c1-8-9-10-11-12-13-14-15-16-17-18-19-20-23-31-39-46-53-60-76(81)93-72(64-87-74(79)58-51-44-37-30-24-21-22-27-34-41-48-55-68(2)3)66-91-95(83,84)89-62-71(78)63-90-96(85,86)92-67-73(94-77(82)61-54-47-40-33-26-29-36-43-50-57-70(6)7)65-88-75(80)59-52-45-38-32-25-28-35-42-49-56-69(4)5/h68-73,78H,8-67H2,1-7H3,(H,83,84)(H,85,86)/t71-,72-,73-/m1/s1. The van der Waals surface area contributed by atoms with Crippen LogP contribution in [0.1, 0.15) is 395 Å². The normalized spacial score (nSPS) is 14.1. The number of aliphatic hydroxyl groups excluding tert-OH is 1. The highest BCUT2D eigenvalue weighted by molar-refractivity contribution is 7.47. The number of carbonyl (C=O) groups is 4. The molecule has 0 saturated carbocycles. The predicted molar refractivity (Wildman–Crippen MR) is 391 cm³/mol. The molecule has 0 aromatic rings. The number of hydrogen-bond donors (Lipinski definition) is 3. The number of ether oxygens (including phenoxy) is 4. The second kappa shape index (κ2) is 67.5. The number of carbonyl (C=O) groups excluding carboxylic acids is 4. The molecule has 0 aliphatic heterocycles. The van der Waals surface area contributed by atoms with Gasteiger partial charge >= 0.3 is 39.5 Å². The van der Waals surface area contributed by atoms with Crippen LogP contribution in [0.5, 0.6) is 0 Å². The molecule has 17 nitrogen and oxygen atoms in total. The fourth-order valence-corrected chi connectivity index (χ4v) is 13.4. The topological polar surface area (TPSA) is 237 Å². The number of hydrogen-bond acceptors (Lipinski definition) is 15. The Kier molecular flexibility index (Phi) is 66.2. The highest BCUT2D eigenvalue weighted by Crippen LogP contribution is 2.45. The molecule has 0 radical (unpaired) electrons. The van der Waals surface area contributed by atoms with Gasteiger partial charge in [-0.3, -0.25) is 37.3 Å². The monoisotopic (exact) mass is 1410 g/mol. The van der Waals surface area contributed by atoms with Crippen LogP contribution in [0.2, 0.25) is 0 Å². The number of unbranched alkanes of at least 4 members (excludes halogenated alkanes) is 43. The number of phosphoric acid groups is 2. The Bertz CT molecular complexity index is 1870. The van der Waals surface area contributed by atoms with Crippen LogP contribution in [-0.4, -0.2) is 96.7 Å². The van der Waals surface area contributed by atoms with Gasteiger partial charge in [-0.05, 0) is 43.4 Å². The van der Waals surface area contributed by atoms with E-state index in [1.54, 1.807) is 0 Å². The molecule has 0 amide bonds. The van der Waals surface area contributed by atoms with E-state index < -0.39 is 97.5 Å². The first kappa shape index (κ1) is 94.1. The lowest BCUT2D eigenvalue weighted by molar-refractivity contribution is -0.161. The van der Waals surface area contributed by atoms with Gasteiger partial charge in [-0.15, -0.1) is 0 Å². The van der Waals surface area contributed by atoms with E-state index in [-0.39, 0.29) is 25.7 Å². The molecule has 19 heteroatoms. The highest BCUT2D eigenvalue weighted by Gasteiger charge is 2.30. The summed E-state index contributed by atoms with van der Waals surface area (Å²) in [5.41, 5.74) is 0. The second-order valence-electron chi connectivity index (χ2n) is 29.2. The average Bonchev–Trinajstić information content (AvgIpc) is 1.09. The number of phosphoric ester groups is 2. The molecule has 0 saturated heterocycles. The Labute approximate surface area is 588 Å². The second-order valence-corrected chi connectivity index (χ2v) is 32.1. The molecule has 0 spiro atoms. The van der Waals surface area contributed by atoms with Crippen LogP contribution < -0.4 is 0 Å². The minimum Gasteiger partial charge on any atom is -0.462 e.